The predicted octanol–water partition coefficient (Wildman–Crippen LogP) is 3.79. The van der Waals surface area contributed by atoms with Gasteiger partial charge >= 0.3 is 0 Å². The van der Waals surface area contributed by atoms with Crippen molar-refractivity contribution in [3.8, 4) is 11.5 Å². The molecule has 0 saturated carbocycles. The summed E-state index contributed by atoms with van der Waals surface area (Å²) < 4.78 is 19.3. The van der Waals surface area contributed by atoms with Crippen LogP contribution in [0.1, 0.15) is 0 Å². The van der Waals surface area contributed by atoms with E-state index in [1.54, 1.807) is 18.2 Å². The van der Waals surface area contributed by atoms with Gasteiger partial charge in [-0.2, -0.15) is 0 Å². The van der Waals surface area contributed by atoms with E-state index in [0.29, 0.717) is 21.6 Å². The number of hydrogen-bond acceptors (Lipinski definition) is 3. The maximum absolute atomic E-state index is 13.0. The first-order valence-electron chi connectivity index (χ1n) is 4.89. The second-order valence-corrected chi connectivity index (χ2v) is 4.33. The lowest BCUT2D eigenvalue weighted by atomic mass is 10.2. The summed E-state index contributed by atoms with van der Waals surface area (Å²) in [6, 6.07) is 7.90. The Bertz CT molecular complexity index is 696. The van der Waals surface area contributed by atoms with E-state index >= 15 is 0 Å². The average Bonchev–Trinajstić information content (AvgIpc) is 2.72. The first-order valence-corrected chi connectivity index (χ1v) is 5.69. The van der Waals surface area contributed by atoms with Crippen molar-refractivity contribution in [3.05, 3.63) is 47.1 Å². The maximum atomic E-state index is 13.0. The highest BCUT2D eigenvalue weighted by atomic mass is 79.9. The summed E-state index contributed by atoms with van der Waals surface area (Å²) in [4.78, 5) is 8.04. The Balaban J connectivity index is 2.18. The Morgan fingerprint density at radius 1 is 1.12 bits per heavy atom. The van der Waals surface area contributed by atoms with Crippen LogP contribution in [-0.2, 0) is 0 Å². The summed E-state index contributed by atoms with van der Waals surface area (Å²) in [5.41, 5.74) is 1.29. The molecule has 3 aromatic rings. The van der Waals surface area contributed by atoms with E-state index in [1.807, 2.05) is 0 Å². The Labute approximate surface area is 104 Å². The standard InChI is InChI=1S/C12H6BrFN2O/c13-12-5-9(15-6-16-12)11-4-7-3-8(14)1-2-10(7)17-11/h1-6H. The zero-order valence-electron chi connectivity index (χ0n) is 8.52. The van der Waals surface area contributed by atoms with Gasteiger partial charge in [0.2, 0.25) is 0 Å². The normalized spacial score (nSPS) is 10.9. The van der Waals surface area contributed by atoms with Crippen molar-refractivity contribution in [2.24, 2.45) is 0 Å². The molecule has 2 heterocycles. The highest BCUT2D eigenvalue weighted by Crippen LogP contribution is 2.27. The first kappa shape index (κ1) is 10.4. The molecular formula is C12H6BrFN2O. The molecule has 0 aliphatic carbocycles. The van der Waals surface area contributed by atoms with Crippen LogP contribution in [0.25, 0.3) is 22.4 Å². The molecule has 0 unspecified atom stereocenters. The van der Waals surface area contributed by atoms with Gasteiger partial charge < -0.3 is 4.42 Å². The van der Waals surface area contributed by atoms with E-state index in [-0.39, 0.29) is 5.82 Å². The van der Waals surface area contributed by atoms with Crippen molar-refractivity contribution in [2.45, 2.75) is 0 Å². The number of halogens is 2. The van der Waals surface area contributed by atoms with Gasteiger partial charge in [0.05, 0.1) is 0 Å². The number of nitrogens with zero attached hydrogens (tertiary/aromatic N) is 2. The van der Waals surface area contributed by atoms with E-state index in [4.69, 9.17) is 4.42 Å². The van der Waals surface area contributed by atoms with Crippen LogP contribution < -0.4 is 0 Å². The SMILES string of the molecule is Fc1ccc2oc(-c3cc(Br)ncn3)cc2c1. The Hall–Kier alpha value is -1.75. The van der Waals surface area contributed by atoms with Gasteiger partial charge in [0, 0.05) is 11.5 Å². The minimum atomic E-state index is -0.284. The van der Waals surface area contributed by atoms with E-state index in [1.165, 1.54) is 18.5 Å². The summed E-state index contributed by atoms with van der Waals surface area (Å²) in [5, 5.41) is 0.717. The van der Waals surface area contributed by atoms with Crippen LogP contribution in [0.15, 0.2) is 45.7 Å². The van der Waals surface area contributed by atoms with Gasteiger partial charge in [-0.15, -0.1) is 0 Å². The number of rotatable bonds is 1. The monoisotopic (exact) mass is 292 g/mol. The van der Waals surface area contributed by atoms with Crippen LogP contribution in [-0.4, -0.2) is 9.97 Å². The average molecular weight is 293 g/mol. The third-order valence-corrected chi connectivity index (χ3v) is 2.80. The minimum absolute atomic E-state index is 0.284. The number of fused-ring (bicyclic) bond motifs is 1. The van der Waals surface area contributed by atoms with Gasteiger partial charge in [-0.25, -0.2) is 14.4 Å². The molecule has 0 bridgehead atoms. The Kier molecular flexibility index (Phi) is 2.40. The molecule has 0 radical (unpaired) electrons. The molecule has 3 rings (SSSR count). The van der Waals surface area contributed by atoms with Crippen LogP contribution in [0, 0.1) is 5.82 Å². The van der Waals surface area contributed by atoms with Gasteiger partial charge in [-0.05, 0) is 40.2 Å². The smallest absolute Gasteiger partial charge is 0.153 e. The van der Waals surface area contributed by atoms with Crippen molar-refractivity contribution < 1.29 is 8.81 Å². The summed E-state index contributed by atoms with van der Waals surface area (Å²) >= 11 is 3.26. The quantitative estimate of drug-likeness (QED) is 0.641. The lowest BCUT2D eigenvalue weighted by Gasteiger charge is -1.94. The summed E-state index contributed by atoms with van der Waals surface area (Å²) in [5.74, 6) is 0.308. The molecule has 3 nitrogen and oxygen atoms in total. The molecule has 1 aromatic carbocycles. The fraction of sp³-hybridized carbons (Fsp3) is 0. The molecule has 0 amide bonds. The Morgan fingerprint density at radius 2 is 2.00 bits per heavy atom. The zero-order valence-corrected chi connectivity index (χ0v) is 10.1. The van der Waals surface area contributed by atoms with Gasteiger partial charge in [-0.3, -0.25) is 0 Å². The number of hydrogen-bond donors (Lipinski definition) is 0. The molecule has 0 spiro atoms. The molecular weight excluding hydrogens is 287 g/mol. The molecule has 84 valence electrons. The molecule has 0 aliphatic heterocycles. The molecule has 0 aliphatic rings. The molecule has 0 saturated heterocycles. The van der Waals surface area contributed by atoms with E-state index in [0.717, 1.165) is 5.39 Å². The molecule has 5 heteroatoms. The highest BCUT2D eigenvalue weighted by Gasteiger charge is 2.08. The zero-order chi connectivity index (χ0) is 11.8. The predicted molar refractivity (Wildman–Crippen MR) is 64.9 cm³/mol. The van der Waals surface area contributed by atoms with Gasteiger partial charge in [0.25, 0.3) is 0 Å². The lowest BCUT2D eigenvalue weighted by Crippen LogP contribution is -1.83. The van der Waals surface area contributed by atoms with Crippen molar-refractivity contribution in [3.63, 3.8) is 0 Å². The van der Waals surface area contributed by atoms with E-state index in [9.17, 15) is 4.39 Å². The first-order chi connectivity index (χ1) is 8.22. The topological polar surface area (TPSA) is 38.9 Å². The van der Waals surface area contributed by atoms with Crippen LogP contribution in [0.4, 0.5) is 4.39 Å². The Morgan fingerprint density at radius 3 is 2.82 bits per heavy atom. The molecule has 0 atom stereocenters. The van der Waals surface area contributed by atoms with Crippen LogP contribution in [0.5, 0.6) is 0 Å². The van der Waals surface area contributed by atoms with Crippen molar-refractivity contribution >= 4 is 26.9 Å². The third-order valence-electron chi connectivity index (χ3n) is 2.36. The second-order valence-electron chi connectivity index (χ2n) is 3.52. The van der Waals surface area contributed by atoms with Gasteiger partial charge in [0.15, 0.2) is 5.76 Å². The summed E-state index contributed by atoms with van der Waals surface area (Å²) in [6.07, 6.45) is 1.44. The van der Waals surface area contributed by atoms with Gasteiger partial charge in [0.1, 0.15) is 28.0 Å². The molecule has 0 N–H and O–H groups in total. The number of aromatic nitrogens is 2. The van der Waals surface area contributed by atoms with Gasteiger partial charge in [-0.1, -0.05) is 0 Å². The van der Waals surface area contributed by atoms with Crippen molar-refractivity contribution in [1.29, 1.82) is 0 Å². The largest absolute Gasteiger partial charge is 0.454 e. The van der Waals surface area contributed by atoms with Crippen LogP contribution in [0.2, 0.25) is 0 Å². The fourth-order valence-electron chi connectivity index (χ4n) is 1.61. The van der Waals surface area contributed by atoms with Crippen molar-refractivity contribution in [2.75, 3.05) is 0 Å². The van der Waals surface area contributed by atoms with E-state index < -0.39 is 0 Å². The summed E-state index contributed by atoms with van der Waals surface area (Å²) in [6.45, 7) is 0. The fourth-order valence-corrected chi connectivity index (χ4v) is 1.92. The molecule has 17 heavy (non-hydrogen) atoms. The maximum Gasteiger partial charge on any atom is 0.153 e. The van der Waals surface area contributed by atoms with Crippen LogP contribution in [0.3, 0.4) is 0 Å². The molecule has 0 fully saturated rings. The minimum Gasteiger partial charge on any atom is -0.454 e. The summed E-state index contributed by atoms with van der Waals surface area (Å²) in [7, 11) is 0. The molecule has 2 aromatic heterocycles. The van der Waals surface area contributed by atoms with Crippen LogP contribution >= 0.6 is 15.9 Å². The number of furan rings is 1. The number of benzene rings is 1. The van der Waals surface area contributed by atoms with E-state index in [2.05, 4.69) is 25.9 Å². The second kappa shape index (κ2) is 3.92. The van der Waals surface area contributed by atoms with Crippen molar-refractivity contribution in [1.82, 2.24) is 9.97 Å². The third kappa shape index (κ3) is 1.93. The lowest BCUT2D eigenvalue weighted by molar-refractivity contribution is 0.617. The highest BCUT2D eigenvalue weighted by molar-refractivity contribution is 9.10.